The Hall–Kier alpha value is -1.73. The average Bonchev–Trinajstić information content (AvgIpc) is 3.17. The number of carbonyl (C=O) groups excluding carboxylic acids is 1. The summed E-state index contributed by atoms with van der Waals surface area (Å²) in [6, 6.07) is 3.17. The van der Waals surface area contributed by atoms with E-state index in [-0.39, 0.29) is 5.91 Å². The third-order valence-corrected chi connectivity index (χ3v) is 5.39. The van der Waals surface area contributed by atoms with Gasteiger partial charge in [-0.15, -0.1) is 22.7 Å². The summed E-state index contributed by atoms with van der Waals surface area (Å²) in [6.45, 7) is 0.488. The minimum absolute atomic E-state index is 0.277. The third-order valence-electron chi connectivity index (χ3n) is 3.50. The van der Waals surface area contributed by atoms with Gasteiger partial charge in [-0.2, -0.15) is 0 Å². The predicted molar refractivity (Wildman–Crippen MR) is 81.7 cm³/mol. The molecule has 1 N–H and O–H groups in total. The van der Waals surface area contributed by atoms with Crippen LogP contribution in [0.3, 0.4) is 0 Å². The topological polar surface area (TPSA) is 70.5 Å². The van der Waals surface area contributed by atoms with E-state index in [0.717, 1.165) is 22.7 Å². The summed E-state index contributed by atoms with van der Waals surface area (Å²) in [4.78, 5) is 30.6. The minimum Gasteiger partial charge on any atom is -0.480 e. The van der Waals surface area contributed by atoms with Crippen LogP contribution in [0.15, 0.2) is 22.9 Å². The van der Waals surface area contributed by atoms with Crippen molar-refractivity contribution < 1.29 is 14.7 Å². The molecule has 1 amide bonds. The van der Waals surface area contributed by atoms with E-state index in [1.807, 2.05) is 17.5 Å². The van der Waals surface area contributed by atoms with Crippen molar-refractivity contribution in [2.45, 2.75) is 25.3 Å². The maximum Gasteiger partial charge on any atom is 0.326 e. The second kappa shape index (κ2) is 5.95. The largest absolute Gasteiger partial charge is 0.480 e. The van der Waals surface area contributed by atoms with Gasteiger partial charge in [0.2, 0.25) is 0 Å². The number of amides is 1. The molecule has 3 heterocycles. The summed E-state index contributed by atoms with van der Waals surface area (Å²) in [5, 5.41) is 13.7. The van der Waals surface area contributed by atoms with Crippen LogP contribution in [0.25, 0.3) is 9.88 Å². The van der Waals surface area contributed by atoms with Gasteiger partial charge < -0.3 is 10.0 Å². The molecule has 0 spiro atoms. The van der Waals surface area contributed by atoms with Crippen LogP contribution in [0.5, 0.6) is 0 Å². The number of likely N-dealkylation sites (tertiary alicyclic amines) is 1. The molecule has 0 unspecified atom stereocenters. The number of rotatable bonds is 3. The molecule has 1 aliphatic heterocycles. The van der Waals surface area contributed by atoms with E-state index in [1.54, 1.807) is 16.7 Å². The minimum atomic E-state index is -0.934. The number of hydrogen-bond donors (Lipinski definition) is 1. The van der Waals surface area contributed by atoms with Crippen LogP contribution in [-0.4, -0.2) is 39.5 Å². The fourth-order valence-electron chi connectivity index (χ4n) is 2.46. The van der Waals surface area contributed by atoms with Gasteiger partial charge >= 0.3 is 5.97 Å². The second-order valence-corrected chi connectivity index (χ2v) is 6.67. The maximum atomic E-state index is 12.5. The number of piperidine rings is 1. The van der Waals surface area contributed by atoms with Crippen molar-refractivity contribution in [1.29, 1.82) is 0 Å². The number of thiophene rings is 1. The Morgan fingerprint density at radius 1 is 1.33 bits per heavy atom. The zero-order valence-corrected chi connectivity index (χ0v) is 12.8. The molecule has 110 valence electrons. The van der Waals surface area contributed by atoms with E-state index in [9.17, 15) is 14.7 Å². The van der Waals surface area contributed by atoms with Crippen molar-refractivity contribution in [2.24, 2.45) is 0 Å². The summed E-state index contributed by atoms with van der Waals surface area (Å²) in [6.07, 6.45) is 2.21. The number of nitrogens with zero attached hydrogens (tertiary/aromatic N) is 2. The van der Waals surface area contributed by atoms with E-state index in [1.165, 1.54) is 16.2 Å². The molecule has 5 nitrogen and oxygen atoms in total. The van der Waals surface area contributed by atoms with E-state index in [4.69, 9.17) is 0 Å². The van der Waals surface area contributed by atoms with E-state index < -0.39 is 12.0 Å². The first-order valence-electron chi connectivity index (χ1n) is 6.70. The molecule has 0 radical (unpaired) electrons. The van der Waals surface area contributed by atoms with Crippen molar-refractivity contribution >= 4 is 34.6 Å². The Kier molecular flexibility index (Phi) is 4.03. The van der Waals surface area contributed by atoms with Gasteiger partial charge in [-0.1, -0.05) is 6.07 Å². The van der Waals surface area contributed by atoms with Gasteiger partial charge in [0.05, 0.1) is 4.88 Å². The molecule has 1 saturated heterocycles. The molecule has 2 aromatic rings. The maximum absolute atomic E-state index is 12.5. The van der Waals surface area contributed by atoms with Gasteiger partial charge in [-0.05, 0) is 30.7 Å². The molecule has 1 fully saturated rings. The lowest BCUT2D eigenvalue weighted by atomic mass is 10.0. The quantitative estimate of drug-likeness (QED) is 0.943. The monoisotopic (exact) mass is 322 g/mol. The molecule has 7 heteroatoms. The SMILES string of the molecule is O=C(O)[C@@H]1CCCCN1C(=O)c1csc(-c2cccs2)n1. The molecule has 0 saturated carbocycles. The molecular weight excluding hydrogens is 308 g/mol. The van der Waals surface area contributed by atoms with Gasteiger partial charge in [0.1, 0.15) is 16.7 Å². The fourth-order valence-corrected chi connectivity index (χ4v) is 4.07. The summed E-state index contributed by atoms with van der Waals surface area (Å²) in [7, 11) is 0. The second-order valence-electron chi connectivity index (χ2n) is 4.86. The first kappa shape index (κ1) is 14.2. The summed E-state index contributed by atoms with van der Waals surface area (Å²) in [5.74, 6) is -1.21. The van der Waals surface area contributed by atoms with Gasteiger partial charge in [0.15, 0.2) is 0 Å². The zero-order valence-electron chi connectivity index (χ0n) is 11.2. The van der Waals surface area contributed by atoms with Gasteiger partial charge in [0.25, 0.3) is 5.91 Å². The first-order chi connectivity index (χ1) is 10.2. The smallest absolute Gasteiger partial charge is 0.326 e. The zero-order chi connectivity index (χ0) is 14.8. The lowest BCUT2D eigenvalue weighted by Gasteiger charge is -2.32. The van der Waals surface area contributed by atoms with Gasteiger partial charge in [-0.3, -0.25) is 4.79 Å². The van der Waals surface area contributed by atoms with Crippen LogP contribution < -0.4 is 0 Å². The van der Waals surface area contributed by atoms with Crippen molar-refractivity contribution in [2.75, 3.05) is 6.54 Å². The Morgan fingerprint density at radius 2 is 2.19 bits per heavy atom. The lowest BCUT2D eigenvalue weighted by Crippen LogP contribution is -2.48. The molecule has 1 aliphatic rings. The average molecular weight is 322 g/mol. The number of carboxylic acids is 1. The highest BCUT2D eigenvalue weighted by atomic mass is 32.1. The molecule has 3 rings (SSSR count). The standard InChI is InChI=1S/C14H14N2O3S2/c17-13(16-6-2-1-4-10(16)14(18)19)9-8-21-12(15-9)11-5-3-7-20-11/h3,5,7-8,10H,1-2,4,6H2,(H,18,19)/t10-/m0/s1. The van der Waals surface area contributed by atoms with Gasteiger partial charge in [-0.25, -0.2) is 9.78 Å². The Bertz CT molecular complexity index is 651. The van der Waals surface area contributed by atoms with Crippen LogP contribution in [-0.2, 0) is 4.79 Å². The highest BCUT2D eigenvalue weighted by Gasteiger charge is 2.33. The van der Waals surface area contributed by atoms with Gasteiger partial charge in [0, 0.05) is 11.9 Å². The number of aromatic nitrogens is 1. The number of carbonyl (C=O) groups is 2. The van der Waals surface area contributed by atoms with E-state index >= 15 is 0 Å². The van der Waals surface area contributed by atoms with Crippen LogP contribution in [0.4, 0.5) is 0 Å². The molecule has 1 atom stereocenters. The Morgan fingerprint density at radius 3 is 2.90 bits per heavy atom. The summed E-state index contributed by atoms with van der Waals surface area (Å²) < 4.78 is 0. The third kappa shape index (κ3) is 2.84. The van der Waals surface area contributed by atoms with E-state index in [0.29, 0.717) is 18.7 Å². The molecule has 0 aliphatic carbocycles. The van der Waals surface area contributed by atoms with Crippen LogP contribution in [0.2, 0.25) is 0 Å². The Labute approximate surface area is 129 Å². The van der Waals surface area contributed by atoms with E-state index in [2.05, 4.69) is 4.98 Å². The number of carboxylic acid groups (broad SMARTS) is 1. The van der Waals surface area contributed by atoms with Crippen molar-refractivity contribution in [1.82, 2.24) is 9.88 Å². The highest BCUT2D eigenvalue weighted by molar-refractivity contribution is 7.20. The normalized spacial score (nSPS) is 18.7. The lowest BCUT2D eigenvalue weighted by molar-refractivity contribution is -0.143. The van der Waals surface area contributed by atoms with Crippen molar-refractivity contribution in [3.63, 3.8) is 0 Å². The van der Waals surface area contributed by atoms with Crippen molar-refractivity contribution in [3.05, 3.63) is 28.6 Å². The van der Waals surface area contributed by atoms with Crippen molar-refractivity contribution in [3.8, 4) is 9.88 Å². The molecule has 0 bridgehead atoms. The highest BCUT2D eigenvalue weighted by Crippen LogP contribution is 2.29. The first-order valence-corrected chi connectivity index (χ1v) is 8.46. The van der Waals surface area contributed by atoms with Crippen LogP contribution in [0.1, 0.15) is 29.8 Å². The molecule has 0 aromatic carbocycles. The Balaban J connectivity index is 1.83. The fraction of sp³-hybridized carbons (Fsp3) is 0.357. The summed E-state index contributed by atoms with van der Waals surface area (Å²) >= 11 is 2.98. The number of aliphatic carboxylic acids is 1. The molecule has 2 aromatic heterocycles. The van der Waals surface area contributed by atoms with Crippen LogP contribution >= 0.6 is 22.7 Å². The number of hydrogen-bond acceptors (Lipinski definition) is 5. The molecular formula is C14H14N2O3S2. The summed E-state index contributed by atoms with van der Waals surface area (Å²) in [5.41, 5.74) is 0.344. The number of thiazole rings is 1. The molecule has 21 heavy (non-hydrogen) atoms. The van der Waals surface area contributed by atoms with Crippen LogP contribution in [0, 0.1) is 0 Å². The predicted octanol–water partition coefficient (Wildman–Crippen LogP) is 2.95.